The highest BCUT2D eigenvalue weighted by atomic mass is 35.5. The number of hydrogen-bond acceptors (Lipinski definition) is 5. The van der Waals surface area contributed by atoms with Crippen LogP contribution < -0.4 is 14.9 Å². The molecule has 0 spiro atoms. The van der Waals surface area contributed by atoms with E-state index in [2.05, 4.69) is 15.5 Å². The summed E-state index contributed by atoms with van der Waals surface area (Å²) in [7, 11) is 3.00. The minimum absolute atomic E-state index is 0.132. The molecule has 9 heteroatoms. The van der Waals surface area contributed by atoms with Crippen molar-refractivity contribution in [3.8, 4) is 11.5 Å². The van der Waals surface area contributed by atoms with Gasteiger partial charge in [0, 0.05) is 5.56 Å². The van der Waals surface area contributed by atoms with Crippen molar-refractivity contribution in [1.29, 1.82) is 0 Å². The van der Waals surface area contributed by atoms with Gasteiger partial charge in [0.25, 0.3) is 0 Å². The second kappa shape index (κ2) is 7.39. The Labute approximate surface area is 141 Å². The van der Waals surface area contributed by atoms with E-state index in [-0.39, 0.29) is 11.0 Å². The molecule has 0 fully saturated rings. The van der Waals surface area contributed by atoms with Crippen LogP contribution in [0.4, 0.5) is 19.0 Å². The van der Waals surface area contributed by atoms with Crippen LogP contribution >= 0.6 is 11.6 Å². The fourth-order valence-electron chi connectivity index (χ4n) is 1.83. The number of pyridine rings is 1. The summed E-state index contributed by atoms with van der Waals surface area (Å²) in [6.45, 7) is 0. The molecule has 0 saturated carbocycles. The Balaban J connectivity index is 2.22. The Morgan fingerprint density at radius 2 is 1.92 bits per heavy atom. The third-order valence-corrected chi connectivity index (χ3v) is 3.13. The number of halogens is 4. The van der Waals surface area contributed by atoms with Crippen LogP contribution in [0.1, 0.15) is 11.1 Å². The molecular weight excluding hydrogens is 347 g/mol. The fraction of sp³-hybridized carbons (Fsp3) is 0.200. The summed E-state index contributed by atoms with van der Waals surface area (Å²) in [5, 5.41) is 3.57. The van der Waals surface area contributed by atoms with Crippen LogP contribution in [0, 0.1) is 0 Å². The largest absolute Gasteiger partial charge is 0.497 e. The summed E-state index contributed by atoms with van der Waals surface area (Å²) >= 11 is 5.60. The van der Waals surface area contributed by atoms with Crippen molar-refractivity contribution in [2.45, 2.75) is 6.18 Å². The maximum atomic E-state index is 12.7. The first-order valence-corrected chi connectivity index (χ1v) is 6.97. The van der Waals surface area contributed by atoms with Crippen LogP contribution in [0.2, 0.25) is 5.15 Å². The monoisotopic (exact) mass is 359 g/mol. The first-order valence-electron chi connectivity index (χ1n) is 6.59. The van der Waals surface area contributed by atoms with Crippen LogP contribution in [0.5, 0.6) is 11.5 Å². The average molecular weight is 360 g/mol. The smallest absolute Gasteiger partial charge is 0.416 e. The van der Waals surface area contributed by atoms with Crippen molar-refractivity contribution in [2.75, 3.05) is 19.6 Å². The van der Waals surface area contributed by atoms with Crippen LogP contribution in [0.25, 0.3) is 0 Å². The number of aromatic nitrogens is 1. The maximum absolute atomic E-state index is 12.7. The van der Waals surface area contributed by atoms with E-state index in [9.17, 15) is 13.2 Å². The topological polar surface area (TPSA) is 55.7 Å². The fourth-order valence-corrected chi connectivity index (χ4v) is 2.03. The Morgan fingerprint density at radius 1 is 1.17 bits per heavy atom. The van der Waals surface area contributed by atoms with E-state index >= 15 is 0 Å². The van der Waals surface area contributed by atoms with Gasteiger partial charge in [0.15, 0.2) is 0 Å². The summed E-state index contributed by atoms with van der Waals surface area (Å²) in [5.74, 6) is 0.974. The van der Waals surface area contributed by atoms with Gasteiger partial charge in [0.2, 0.25) is 0 Å². The van der Waals surface area contributed by atoms with E-state index in [1.165, 1.54) is 20.4 Å². The van der Waals surface area contributed by atoms with E-state index in [1.807, 2.05) is 0 Å². The molecule has 1 N–H and O–H groups in total. The van der Waals surface area contributed by atoms with E-state index in [0.717, 1.165) is 12.1 Å². The Kier molecular flexibility index (Phi) is 5.50. The second-order valence-electron chi connectivity index (χ2n) is 4.54. The van der Waals surface area contributed by atoms with Crippen molar-refractivity contribution in [3.63, 3.8) is 0 Å². The standard InChI is InChI=1S/C15H13ClF3N3O2/c1-23-11-3-4-12(24-2)9(5-11)8-20-22-14-7-10(15(17,18)19)6-13(16)21-14/h3-8H,1-2H3,(H,21,22). The van der Waals surface area contributed by atoms with Gasteiger partial charge in [-0.3, -0.25) is 5.43 Å². The lowest BCUT2D eigenvalue weighted by molar-refractivity contribution is -0.137. The van der Waals surface area contributed by atoms with Gasteiger partial charge >= 0.3 is 6.18 Å². The highest BCUT2D eigenvalue weighted by Gasteiger charge is 2.31. The zero-order valence-corrected chi connectivity index (χ0v) is 13.4. The predicted octanol–water partition coefficient (Wildman–Crippen LogP) is 4.22. The third-order valence-electron chi connectivity index (χ3n) is 2.94. The van der Waals surface area contributed by atoms with Gasteiger partial charge in [-0.2, -0.15) is 18.3 Å². The number of alkyl halides is 3. The van der Waals surface area contributed by atoms with Crippen LogP contribution in [0.3, 0.4) is 0 Å². The number of ether oxygens (including phenoxy) is 2. The first kappa shape index (κ1) is 17.9. The molecule has 0 aliphatic heterocycles. The van der Waals surface area contributed by atoms with E-state index in [4.69, 9.17) is 21.1 Å². The van der Waals surface area contributed by atoms with Gasteiger partial charge in [-0.05, 0) is 30.3 Å². The summed E-state index contributed by atoms with van der Waals surface area (Å²) < 4.78 is 48.5. The van der Waals surface area contributed by atoms with Gasteiger partial charge in [-0.25, -0.2) is 4.98 Å². The molecule has 0 aliphatic rings. The average Bonchev–Trinajstić information content (AvgIpc) is 2.53. The number of nitrogens with zero attached hydrogens (tertiary/aromatic N) is 2. The van der Waals surface area contributed by atoms with Crippen molar-refractivity contribution >= 4 is 23.6 Å². The van der Waals surface area contributed by atoms with E-state index < -0.39 is 11.7 Å². The number of nitrogens with one attached hydrogen (secondary N) is 1. The molecule has 1 aromatic heterocycles. The second-order valence-corrected chi connectivity index (χ2v) is 4.93. The minimum Gasteiger partial charge on any atom is -0.497 e. The van der Waals surface area contributed by atoms with Gasteiger partial charge in [0.1, 0.15) is 22.5 Å². The summed E-state index contributed by atoms with van der Waals surface area (Å²) in [6, 6.07) is 6.60. The number of hydrogen-bond donors (Lipinski definition) is 1. The van der Waals surface area contributed by atoms with Crippen molar-refractivity contribution in [1.82, 2.24) is 4.98 Å². The summed E-state index contributed by atoms with van der Waals surface area (Å²) in [5.41, 5.74) is 2.07. The molecule has 0 aliphatic carbocycles. The molecule has 2 aromatic rings. The third kappa shape index (κ3) is 4.51. The first-order chi connectivity index (χ1) is 11.3. The lowest BCUT2D eigenvalue weighted by Crippen LogP contribution is -2.06. The molecule has 0 bridgehead atoms. The van der Waals surface area contributed by atoms with Crippen molar-refractivity contribution in [3.05, 3.63) is 46.6 Å². The molecule has 0 unspecified atom stereocenters. The molecule has 2 rings (SSSR count). The molecule has 1 aromatic carbocycles. The molecule has 0 saturated heterocycles. The van der Waals surface area contributed by atoms with Crippen LogP contribution in [-0.4, -0.2) is 25.4 Å². The molecule has 0 radical (unpaired) electrons. The summed E-state index contributed by atoms with van der Waals surface area (Å²) in [6.07, 6.45) is -3.15. The lowest BCUT2D eigenvalue weighted by Gasteiger charge is -2.09. The zero-order valence-electron chi connectivity index (χ0n) is 12.7. The van der Waals surface area contributed by atoms with Gasteiger partial charge in [0.05, 0.1) is 26.0 Å². The Morgan fingerprint density at radius 3 is 2.54 bits per heavy atom. The number of rotatable bonds is 5. The highest BCUT2D eigenvalue weighted by molar-refractivity contribution is 6.29. The molecule has 1 heterocycles. The number of anilines is 1. The van der Waals surface area contributed by atoms with E-state index in [0.29, 0.717) is 17.1 Å². The molecule has 0 amide bonds. The van der Waals surface area contributed by atoms with E-state index in [1.54, 1.807) is 18.2 Å². The molecule has 24 heavy (non-hydrogen) atoms. The molecule has 5 nitrogen and oxygen atoms in total. The Bertz CT molecular complexity index is 751. The predicted molar refractivity (Wildman–Crippen MR) is 85.0 cm³/mol. The van der Waals surface area contributed by atoms with Gasteiger partial charge in [-0.1, -0.05) is 11.6 Å². The SMILES string of the molecule is COc1ccc(OC)c(C=NNc2cc(C(F)(F)F)cc(Cl)n2)c1. The Hall–Kier alpha value is -2.48. The highest BCUT2D eigenvalue weighted by Crippen LogP contribution is 2.32. The number of benzene rings is 1. The normalized spacial score (nSPS) is 11.6. The number of hydrazone groups is 1. The summed E-state index contributed by atoms with van der Waals surface area (Å²) in [4.78, 5) is 3.74. The lowest BCUT2D eigenvalue weighted by atomic mass is 10.2. The molecule has 128 valence electrons. The quantitative estimate of drug-likeness (QED) is 0.493. The number of methoxy groups -OCH3 is 2. The van der Waals surface area contributed by atoms with Gasteiger partial charge < -0.3 is 9.47 Å². The van der Waals surface area contributed by atoms with Crippen molar-refractivity contribution in [2.24, 2.45) is 5.10 Å². The van der Waals surface area contributed by atoms with Crippen LogP contribution in [-0.2, 0) is 6.18 Å². The van der Waals surface area contributed by atoms with Crippen molar-refractivity contribution < 1.29 is 22.6 Å². The zero-order chi connectivity index (χ0) is 17.7. The molecule has 0 atom stereocenters. The maximum Gasteiger partial charge on any atom is 0.416 e. The minimum atomic E-state index is -4.53. The van der Waals surface area contributed by atoms with Crippen LogP contribution in [0.15, 0.2) is 35.4 Å². The van der Waals surface area contributed by atoms with Gasteiger partial charge in [-0.15, -0.1) is 0 Å². The molecular formula is C15H13ClF3N3O2.